The van der Waals surface area contributed by atoms with E-state index >= 15 is 0 Å². The lowest BCUT2D eigenvalue weighted by atomic mass is 10.0. The van der Waals surface area contributed by atoms with Crippen LogP contribution in [0.15, 0.2) is 0 Å². The fourth-order valence-corrected chi connectivity index (χ4v) is 1.36. The van der Waals surface area contributed by atoms with E-state index < -0.39 is 12.4 Å². The van der Waals surface area contributed by atoms with Crippen LogP contribution >= 0.6 is 0 Å². The second-order valence-electron chi connectivity index (χ2n) is 2.92. The van der Waals surface area contributed by atoms with Crippen molar-refractivity contribution in [2.45, 2.75) is 37.9 Å². The number of ether oxygens (including phenoxy) is 1. The second kappa shape index (κ2) is 3.49. The van der Waals surface area contributed by atoms with E-state index in [1.165, 1.54) is 0 Å². The molecule has 1 rings (SSSR count). The molecule has 1 fully saturated rings. The van der Waals surface area contributed by atoms with Crippen LogP contribution in [0, 0.1) is 0 Å². The fourth-order valence-electron chi connectivity index (χ4n) is 1.36. The third-order valence-corrected chi connectivity index (χ3v) is 2.09. The number of hydrogen-bond acceptors (Lipinski definition) is 4. The van der Waals surface area contributed by atoms with Crippen molar-refractivity contribution in [2.24, 2.45) is 0 Å². The van der Waals surface area contributed by atoms with E-state index in [4.69, 9.17) is 9.84 Å². The van der Waals surface area contributed by atoms with Gasteiger partial charge in [-0.25, -0.2) is 0 Å². The number of hydrogen-bond donors (Lipinski definition) is 3. The van der Waals surface area contributed by atoms with Crippen molar-refractivity contribution >= 4 is 0 Å². The highest BCUT2D eigenvalue weighted by Gasteiger charge is 2.33. The summed E-state index contributed by atoms with van der Waals surface area (Å²) in [5.74, 6) is 0. The Bertz CT molecular complexity index is 131. The van der Waals surface area contributed by atoms with Gasteiger partial charge in [-0.05, 0) is 14.0 Å². The molecule has 3 N–H and O–H groups in total. The van der Waals surface area contributed by atoms with Crippen LogP contribution in [0.2, 0.25) is 0 Å². The van der Waals surface area contributed by atoms with Gasteiger partial charge in [-0.3, -0.25) is 0 Å². The van der Waals surface area contributed by atoms with Crippen LogP contribution in [0.1, 0.15) is 13.3 Å². The van der Waals surface area contributed by atoms with Crippen molar-refractivity contribution < 1.29 is 14.9 Å². The SMILES string of the molecule is CN[C@H]1C[C@@H](O)O[C@@H](C)[C@@H]1O. The van der Waals surface area contributed by atoms with Crippen LogP contribution in [-0.2, 0) is 4.74 Å². The smallest absolute Gasteiger partial charge is 0.156 e. The molecule has 4 nitrogen and oxygen atoms in total. The Balaban J connectivity index is 2.51. The molecule has 0 saturated carbocycles. The maximum atomic E-state index is 9.46. The van der Waals surface area contributed by atoms with E-state index in [1.807, 2.05) is 0 Å². The predicted octanol–water partition coefficient (Wildman–Crippen LogP) is -0.938. The minimum Gasteiger partial charge on any atom is -0.389 e. The molecule has 1 aliphatic rings. The van der Waals surface area contributed by atoms with Crippen LogP contribution in [0.25, 0.3) is 0 Å². The van der Waals surface area contributed by atoms with Gasteiger partial charge in [-0.1, -0.05) is 0 Å². The Kier molecular flexibility index (Phi) is 2.84. The Morgan fingerprint density at radius 3 is 2.64 bits per heavy atom. The van der Waals surface area contributed by atoms with E-state index in [0.717, 1.165) is 0 Å². The molecule has 66 valence electrons. The quantitative estimate of drug-likeness (QED) is 0.464. The van der Waals surface area contributed by atoms with Gasteiger partial charge in [-0.15, -0.1) is 0 Å². The summed E-state index contributed by atoms with van der Waals surface area (Å²) in [6.07, 6.45) is -1.12. The van der Waals surface area contributed by atoms with Crippen LogP contribution in [0.3, 0.4) is 0 Å². The molecule has 0 aliphatic carbocycles. The van der Waals surface area contributed by atoms with Crippen LogP contribution < -0.4 is 5.32 Å². The molecule has 0 amide bonds. The Morgan fingerprint density at radius 2 is 2.09 bits per heavy atom. The first-order chi connectivity index (χ1) is 5.15. The van der Waals surface area contributed by atoms with E-state index in [1.54, 1.807) is 14.0 Å². The molecule has 1 heterocycles. The molecule has 0 unspecified atom stereocenters. The third kappa shape index (κ3) is 1.90. The lowest BCUT2D eigenvalue weighted by molar-refractivity contribution is -0.201. The van der Waals surface area contributed by atoms with E-state index in [-0.39, 0.29) is 12.1 Å². The molecule has 1 saturated heterocycles. The molecule has 1 aliphatic heterocycles. The van der Waals surface area contributed by atoms with Gasteiger partial charge in [0.1, 0.15) is 0 Å². The molecular weight excluding hydrogens is 146 g/mol. The zero-order chi connectivity index (χ0) is 8.43. The van der Waals surface area contributed by atoms with Gasteiger partial charge >= 0.3 is 0 Å². The first kappa shape index (κ1) is 8.93. The normalized spacial score (nSPS) is 45.8. The average Bonchev–Trinajstić information content (AvgIpc) is 1.96. The zero-order valence-corrected chi connectivity index (χ0v) is 6.82. The number of rotatable bonds is 1. The molecule has 0 radical (unpaired) electrons. The first-order valence-electron chi connectivity index (χ1n) is 3.84. The predicted molar refractivity (Wildman–Crippen MR) is 40.0 cm³/mol. The summed E-state index contributed by atoms with van der Waals surface area (Å²) in [6.45, 7) is 1.75. The molecule has 0 spiro atoms. The topological polar surface area (TPSA) is 61.7 Å². The monoisotopic (exact) mass is 161 g/mol. The summed E-state index contributed by atoms with van der Waals surface area (Å²) < 4.78 is 5.00. The molecule has 0 aromatic heterocycles. The van der Waals surface area contributed by atoms with Crippen molar-refractivity contribution in [3.8, 4) is 0 Å². The highest BCUT2D eigenvalue weighted by Crippen LogP contribution is 2.17. The highest BCUT2D eigenvalue weighted by molar-refractivity contribution is 4.84. The van der Waals surface area contributed by atoms with E-state index in [9.17, 15) is 5.11 Å². The van der Waals surface area contributed by atoms with Crippen molar-refractivity contribution in [2.75, 3.05) is 7.05 Å². The van der Waals surface area contributed by atoms with Crippen LogP contribution in [0.5, 0.6) is 0 Å². The summed E-state index contributed by atoms with van der Waals surface area (Å²) in [6, 6.07) is -0.0613. The summed E-state index contributed by atoms with van der Waals surface area (Å²) in [7, 11) is 1.76. The fraction of sp³-hybridized carbons (Fsp3) is 1.00. The number of likely N-dealkylation sites (N-methyl/N-ethyl adjacent to an activating group) is 1. The molecule has 4 heteroatoms. The van der Waals surface area contributed by atoms with Gasteiger partial charge in [0.15, 0.2) is 6.29 Å². The molecule has 4 atom stereocenters. The minimum absolute atomic E-state index is 0.0613. The Labute approximate surface area is 66.2 Å². The van der Waals surface area contributed by atoms with E-state index in [0.29, 0.717) is 6.42 Å². The van der Waals surface area contributed by atoms with Gasteiger partial charge < -0.3 is 20.3 Å². The lowest BCUT2D eigenvalue weighted by Crippen LogP contribution is -2.52. The third-order valence-electron chi connectivity index (χ3n) is 2.09. The maximum Gasteiger partial charge on any atom is 0.156 e. The lowest BCUT2D eigenvalue weighted by Gasteiger charge is -2.35. The van der Waals surface area contributed by atoms with Gasteiger partial charge in [-0.2, -0.15) is 0 Å². The molecule has 0 aromatic carbocycles. The van der Waals surface area contributed by atoms with E-state index in [2.05, 4.69) is 5.32 Å². The summed E-state index contributed by atoms with van der Waals surface area (Å²) in [5.41, 5.74) is 0. The summed E-state index contributed by atoms with van der Waals surface area (Å²) in [5, 5.41) is 21.5. The maximum absolute atomic E-state index is 9.46. The van der Waals surface area contributed by atoms with Crippen molar-refractivity contribution in [3.63, 3.8) is 0 Å². The van der Waals surface area contributed by atoms with Crippen LogP contribution in [0.4, 0.5) is 0 Å². The van der Waals surface area contributed by atoms with Crippen molar-refractivity contribution in [1.82, 2.24) is 5.32 Å². The Morgan fingerprint density at radius 1 is 1.45 bits per heavy atom. The molecule has 0 bridgehead atoms. The highest BCUT2D eigenvalue weighted by atomic mass is 16.6. The molecule has 0 aromatic rings. The first-order valence-corrected chi connectivity index (χ1v) is 3.84. The standard InChI is InChI=1S/C7H15NO3/c1-4-7(10)5(8-2)3-6(9)11-4/h4-10H,3H2,1-2H3/t4-,5-,6-,7-/m0/s1. The summed E-state index contributed by atoms with van der Waals surface area (Å²) in [4.78, 5) is 0. The van der Waals surface area contributed by atoms with Crippen molar-refractivity contribution in [1.29, 1.82) is 0 Å². The molecular formula is C7H15NO3. The van der Waals surface area contributed by atoms with Gasteiger partial charge in [0, 0.05) is 12.5 Å². The Hall–Kier alpha value is -0.160. The van der Waals surface area contributed by atoms with Gasteiger partial charge in [0.25, 0.3) is 0 Å². The van der Waals surface area contributed by atoms with Gasteiger partial charge in [0.05, 0.1) is 12.2 Å². The zero-order valence-electron chi connectivity index (χ0n) is 6.82. The minimum atomic E-state index is -0.745. The van der Waals surface area contributed by atoms with Crippen LogP contribution in [-0.4, -0.2) is 41.8 Å². The van der Waals surface area contributed by atoms with Gasteiger partial charge in [0.2, 0.25) is 0 Å². The largest absolute Gasteiger partial charge is 0.389 e. The number of nitrogens with one attached hydrogen (secondary N) is 1. The second-order valence-corrected chi connectivity index (χ2v) is 2.92. The summed E-state index contributed by atoms with van der Waals surface area (Å²) >= 11 is 0. The number of aliphatic hydroxyl groups is 2. The number of aliphatic hydroxyl groups excluding tert-OH is 2. The molecule has 11 heavy (non-hydrogen) atoms. The van der Waals surface area contributed by atoms with Crippen molar-refractivity contribution in [3.05, 3.63) is 0 Å². The average molecular weight is 161 g/mol.